The van der Waals surface area contributed by atoms with E-state index in [-0.39, 0.29) is 23.0 Å². The van der Waals surface area contributed by atoms with Crippen molar-refractivity contribution in [2.75, 3.05) is 17.6 Å². The van der Waals surface area contributed by atoms with Crippen molar-refractivity contribution in [3.8, 4) is 22.4 Å². The van der Waals surface area contributed by atoms with Crippen molar-refractivity contribution >= 4 is 47.0 Å². The molecular formula is C29H29FN6O2S. The second kappa shape index (κ2) is 10.5. The highest BCUT2D eigenvalue weighted by Gasteiger charge is 2.27. The predicted molar refractivity (Wildman–Crippen MR) is 155 cm³/mol. The summed E-state index contributed by atoms with van der Waals surface area (Å²) in [4.78, 5) is 35.6. The number of hydrogen-bond donors (Lipinski definition) is 3. The Morgan fingerprint density at radius 3 is 2.56 bits per heavy atom. The molecule has 0 aliphatic carbocycles. The minimum absolute atomic E-state index is 0.0688. The third kappa shape index (κ3) is 4.87. The Balaban J connectivity index is 1.61. The SMILES string of the molecule is C=C(C)C(=O)Nc1ccc(-c2c(-c3ccc(C(=O)N4CCCC[C@@H]4S)cc3)c3c(N)ncnc3n2C)c(F)c1. The molecular weight excluding hydrogens is 515 g/mol. The molecule has 2 aromatic carbocycles. The Kier molecular flexibility index (Phi) is 7.14. The van der Waals surface area contributed by atoms with Gasteiger partial charge in [0.2, 0.25) is 0 Å². The van der Waals surface area contributed by atoms with Crippen LogP contribution in [0.2, 0.25) is 0 Å². The number of piperidine rings is 1. The minimum Gasteiger partial charge on any atom is -0.383 e. The Hall–Kier alpha value is -4.18. The van der Waals surface area contributed by atoms with Gasteiger partial charge in [-0.1, -0.05) is 18.7 Å². The van der Waals surface area contributed by atoms with Gasteiger partial charge in [0.1, 0.15) is 23.6 Å². The predicted octanol–water partition coefficient (Wildman–Crippen LogP) is 5.42. The van der Waals surface area contributed by atoms with Crippen LogP contribution >= 0.6 is 12.6 Å². The van der Waals surface area contributed by atoms with Crippen LogP contribution in [0.5, 0.6) is 0 Å². The van der Waals surface area contributed by atoms with Gasteiger partial charge in [0.05, 0.1) is 16.5 Å². The van der Waals surface area contributed by atoms with Gasteiger partial charge >= 0.3 is 0 Å². The van der Waals surface area contributed by atoms with Crippen molar-refractivity contribution in [3.05, 3.63) is 72.3 Å². The summed E-state index contributed by atoms with van der Waals surface area (Å²) in [5.74, 6) is -0.737. The fourth-order valence-corrected chi connectivity index (χ4v) is 5.39. The molecule has 0 bridgehead atoms. The summed E-state index contributed by atoms with van der Waals surface area (Å²) in [7, 11) is 1.78. The summed E-state index contributed by atoms with van der Waals surface area (Å²) in [5.41, 5.74) is 10.2. The van der Waals surface area contributed by atoms with E-state index in [2.05, 4.69) is 34.5 Å². The number of fused-ring (bicyclic) bond motifs is 1. The molecule has 1 aliphatic rings. The van der Waals surface area contributed by atoms with Gasteiger partial charge in [0.15, 0.2) is 0 Å². The normalized spacial score (nSPS) is 15.4. The molecule has 39 heavy (non-hydrogen) atoms. The molecule has 2 amide bonds. The molecule has 0 radical (unpaired) electrons. The number of amides is 2. The van der Waals surface area contributed by atoms with Gasteiger partial charge < -0.3 is 20.5 Å². The van der Waals surface area contributed by atoms with E-state index in [1.165, 1.54) is 12.4 Å². The first-order chi connectivity index (χ1) is 18.7. The number of halogens is 1. The minimum atomic E-state index is -0.537. The van der Waals surface area contributed by atoms with E-state index in [1.54, 1.807) is 47.7 Å². The number of carbonyl (C=O) groups is 2. The largest absolute Gasteiger partial charge is 0.383 e. The maximum absolute atomic E-state index is 15.6. The molecule has 8 nitrogen and oxygen atoms in total. The van der Waals surface area contributed by atoms with Gasteiger partial charge in [-0.15, -0.1) is 0 Å². The van der Waals surface area contributed by atoms with Gasteiger partial charge in [-0.3, -0.25) is 9.59 Å². The van der Waals surface area contributed by atoms with E-state index in [0.717, 1.165) is 24.8 Å². The summed E-state index contributed by atoms with van der Waals surface area (Å²) in [6.07, 6.45) is 4.25. The van der Waals surface area contributed by atoms with Crippen LogP contribution in [0.25, 0.3) is 33.4 Å². The van der Waals surface area contributed by atoms with Crippen molar-refractivity contribution < 1.29 is 14.0 Å². The van der Waals surface area contributed by atoms with Crippen LogP contribution in [0.4, 0.5) is 15.9 Å². The lowest BCUT2D eigenvalue weighted by Crippen LogP contribution is -2.40. The second-order valence-corrected chi connectivity index (χ2v) is 10.3. The Morgan fingerprint density at radius 2 is 1.90 bits per heavy atom. The van der Waals surface area contributed by atoms with Crippen LogP contribution in [0, 0.1) is 5.82 Å². The lowest BCUT2D eigenvalue weighted by Gasteiger charge is -2.32. The van der Waals surface area contributed by atoms with Crippen molar-refractivity contribution in [2.24, 2.45) is 7.05 Å². The van der Waals surface area contributed by atoms with Crippen LogP contribution < -0.4 is 11.1 Å². The molecule has 3 heterocycles. The summed E-state index contributed by atoms with van der Waals surface area (Å²) in [5, 5.41) is 3.12. The smallest absolute Gasteiger partial charge is 0.254 e. The number of nitrogen functional groups attached to an aromatic ring is 1. The molecule has 4 aromatic rings. The van der Waals surface area contributed by atoms with Gasteiger partial charge in [0, 0.05) is 41.5 Å². The third-order valence-corrected chi connectivity index (χ3v) is 7.56. The number of rotatable bonds is 5. The second-order valence-electron chi connectivity index (χ2n) is 9.72. The zero-order chi connectivity index (χ0) is 27.8. The number of thiol groups is 1. The van der Waals surface area contributed by atoms with Crippen LogP contribution in [-0.2, 0) is 11.8 Å². The lowest BCUT2D eigenvalue weighted by atomic mass is 9.97. The van der Waals surface area contributed by atoms with Crippen molar-refractivity contribution in [2.45, 2.75) is 31.6 Å². The summed E-state index contributed by atoms with van der Waals surface area (Å²) in [6, 6.07) is 11.7. The highest BCUT2D eigenvalue weighted by Crippen LogP contribution is 2.42. The first-order valence-corrected chi connectivity index (χ1v) is 13.1. The number of hydrogen-bond acceptors (Lipinski definition) is 6. The molecule has 10 heteroatoms. The van der Waals surface area contributed by atoms with Crippen molar-refractivity contribution in [3.63, 3.8) is 0 Å². The molecule has 0 saturated carbocycles. The number of carbonyl (C=O) groups excluding carboxylic acids is 2. The standard InChI is InChI=1S/C29H29FN6O2S/c1-16(2)28(37)34-19-11-12-20(21(30)14-19)25-23(24-26(31)32-15-33-27(24)35(25)3)17-7-9-18(10-8-17)29(38)36-13-5-4-6-22(36)39/h7-12,14-15,22,39H,1,4-6,13H2,2-3H3,(H,34,37)(H2,31,32,33)/t22-/m0/s1. The maximum atomic E-state index is 15.6. The zero-order valence-electron chi connectivity index (χ0n) is 21.7. The first-order valence-electron chi connectivity index (χ1n) is 12.6. The Bertz CT molecular complexity index is 1610. The molecule has 0 unspecified atom stereocenters. The number of anilines is 2. The van der Waals surface area contributed by atoms with Crippen molar-refractivity contribution in [1.29, 1.82) is 0 Å². The number of benzene rings is 2. The number of aryl methyl sites for hydroxylation is 1. The first kappa shape index (κ1) is 26.4. The van der Waals surface area contributed by atoms with Gasteiger partial charge in [0.25, 0.3) is 11.8 Å². The highest BCUT2D eigenvalue weighted by atomic mass is 32.1. The maximum Gasteiger partial charge on any atom is 0.254 e. The monoisotopic (exact) mass is 544 g/mol. The fourth-order valence-electron chi connectivity index (χ4n) is 4.99. The molecule has 2 aromatic heterocycles. The van der Waals surface area contributed by atoms with Gasteiger partial charge in [-0.05, 0) is 62.1 Å². The van der Waals surface area contributed by atoms with Crippen molar-refractivity contribution in [1.82, 2.24) is 19.4 Å². The topological polar surface area (TPSA) is 106 Å². The molecule has 0 spiro atoms. The third-order valence-electron chi connectivity index (χ3n) is 7.02. The molecule has 1 aliphatic heterocycles. The van der Waals surface area contributed by atoms with E-state index in [9.17, 15) is 9.59 Å². The van der Waals surface area contributed by atoms with E-state index in [1.807, 2.05) is 12.1 Å². The number of nitrogens with zero attached hydrogens (tertiary/aromatic N) is 4. The van der Waals surface area contributed by atoms with Crippen LogP contribution in [0.15, 0.2) is 60.9 Å². The molecule has 1 atom stereocenters. The highest BCUT2D eigenvalue weighted by molar-refractivity contribution is 7.80. The van der Waals surface area contributed by atoms with Crippen LogP contribution in [-0.4, -0.2) is 43.2 Å². The number of nitrogens with two attached hydrogens (primary N) is 1. The average Bonchev–Trinajstić information content (AvgIpc) is 3.22. The molecule has 3 N–H and O–H groups in total. The van der Waals surface area contributed by atoms with E-state index in [4.69, 9.17) is 5.73 Å². The van der Waals surface area contributed by atoms with E-state index < -0.39 is 5.82 Å². The van der Waals surface area contributed by atoms with E-state index in [0.29, 0.717) is 51.2 Å². The summed E-state index contributed by atoms with van der Waals surface area (Å²) in [6.45, 7) is 5.87. The van der Waals surface area contributed by atoms with Crippen LogP contribution in [0.1, 0.15) is 36.5 Å². The Labute approximate surface area is 231 Å². The van der Waals surface area contributed by atoms with Gasteiger partial charge in [-0.2, -0.15) is 12.6 Å². The fraction of sp³-hybridized carbons (Fsp3) is 0.241. The summed E-state index contributed by atoms with van der Waals surface area (Å²) < 4.78 is 17.4. The van der Waals surface area contributed by atoms with Gasteiger partial charge in [-0.25, -0.2) is 14.4 Å². The zero-order valence-corrected chi connectivity index (χ0v) is 22.6. The lowest BCUT2D eigenvalue weighted by molar-refractivity contribution is -0.112. The number of likely N-dealkylation sites (tertiary alicyclic amines) is 1. The molecule has 5 rings (SSSR count). The summed E-state index contributed by atoms with van der Waals surface area (Å²) >= 11 is 4.59. The quantitative estimate of drug-likeness (QED) is 0.230. The average molecular weight is 545 g/mol. The molecule has 200 valence electrons. The van der Waals surface area contributed by atoms with E-state index >= 15 is 4.39 Å². The Morgan fingerprint density at radius 1 is 1.15 bits per heavy atom. The molecule has 1 fully saturated rings. The molecule has 1 saturated heterocycles. The van der Waals surface area contributed by atoms with Crippen LogP contribution in [0.3, 0.4) is 0 Å². The number of aromatic nitrogens is 3. The number of nitrogens with one attached hydrogen (secondary N) is 1.